The lowest BCUT2D eigenvalue weighted by Crippen LogP contribution is -2.35. The third-order valence-electron chi connectivity index (χ3n) is 7.73. The van der Waals surface area contributed by atoms with Crippen molar-refractivity contribution in [3.63, 3.8) is 0 Å². The summed E-state index contributed by atoms with van der Waals surface area (Å²) in [6.07, 6.45) is 1.88. The van der Waals surface area contributed by atoms with Gasteiger partial charge in [0.05, 0.1) is 22.5 Å². The van der Waals surface area contributed by atoms with Crippen molar-refractivity contribution in [3.05, 3.63) is 135 Å². The first-order valence-electron chi connectivity index (χ1n) is 15.1. The molecule has 13 heteroatoms. The van der Waals surface area contributed by atoms with Crippen molar-refractivity contribution in [1.82, 2.24) is 4.98 Å². The van der Waals surface area contributed by atoms with Crippen molar-refractivity contribution in [2.24, 2.45) is 0 Å². The van der Waals surface area contributed by atoms with Gasteiger partial charge in [-0.15, -0.1) is 0 Å². The van der Waals surface area contributed by atoms with Gasteiger partial charge in [0.1, 0.15) is 0 Å². The number of benzene rings is 4. The van der Waals surface area contributed by atoms with Crippen LogP contribution in [0.1, 0.15) is 40.0 Å². The molecular weight excluding hydrogens is 738 g/mol. The summed E-state index contributed by atoms with van der Waals surface area (Å²) in [6, 6.07) is 29.6. The lowest BCUT2D eigenvalue weighted by atomic mass is 10.0. The second-order valence-electron chi connectivity index (χ2n) is 11.1. The molecule has 48 heavy (non-hydrogen) atoms. The molecule has 250 valence electrons. The molecule has 0 bridgehead atoms. The molecule has 9 nitrogen and oxygen atoms in total. The van der Waals surface area contributed by atoms with E-state index in [2.05, 4.69) is 15.9 Å². The second kappa shape index (κ2) is 16.1. The zero-order valence-electron chi connectivity index (χ0n) is 25.7. The lowest BCUT2D eigenvalue weighted by molar-refractivity contribution is 0.0697. The molecule has 1 atom stereocenters. The number of fused-ring (bicyclic) bond motifs is 1. The summed E-state index contributed by atoms with van der Waals surface area (Å²) in [4.78, 5) is 16.8. The molecule has 5 aromatic rings. The first-order valence-corrected chi connectivity index (χ1v) is 18.9. The van der Waals surface area contributed by atoms with Gasteiger partial charge in [0, 0.05) is 50.6 Å². The van der Waals surface area contributed by atoms with Gasteiger partial charge in [-0.25, -0.2) is 13.2 Å². The molecule has 0 saturated heterocycles. The van der Waals surface area contributed by atoms with Crippen LogP contribution in [0.15, 0.2) is 108 Å². The predicted molar refractivity (Wildman–Crippen MR) is 194 cm³/mol. The van der Waals surface area contributed by atoms with Crippen LogP contribution in [0.5, 0.6) is 0 Å². The minimum absolute atomic E-state index is 0.0381. The summed E-state index contributed by atoms with van der Waals surface area (Å²) < 4.78 is 55.1. The molecule has 0 radical (unpaired) electrons. The number of sulfonamides is 1. The average molecular weight is 770 g/mol. The van der Waals surface area contributed by atoms with Gasteiger partial charge in [0.2, 0.25) is 10.0 Å². The summed E-state index contributed by atoms with van der Waals surface area (Å²) in [5.41, 5.74) is 3.59. The quantitative estimate of drug-likeness (QED) is 0.0860. The summed E-state index contributed by atoms with van der Waals surface area (Å²) in [6.45, 7) is 0.0804. The molecule has 0 amide bonds. The molecular formula is C35H32BrClN3O6S2-. The van der Waals surface area contributed by atoms with Crippen molar-refractivity contribution < 1.29 is 27.1 Å². The number of hydrogen-bond acceptors (Lipinski definition) is 6. The van der Waals surface area contributed by atoms with Crippen molar-refractivity contribution in [3.8, 4) is 0 Å². The first kappa shape index (κ1) is 35.5. The van der Waals surface area contributed by atoms with Crippen LogP contribution in [0, 0.1) is 0 Å². The molecule has 0 fully saturated rings. The van der Waals surface area contributed by atoms with E-state index in [1.54, 1.807) is 42.5 Å². The van der Waals surface area contributed by atoms with Crippen LogP contribution in [0.4, 0.5) is 11.4 Å². The summed E-state index contributed by atoms with van der Waals surface area (Å²) in [7, 11) is -4.07. The number of unbranched alkanes of at least 4 members (excludes halogenated alkanes) is 1. The third kappa shape index (κ3) is 9.20. The Morgan fingerprint density at radius 3 is 2.33 bits per heavy atom. The van der Waals surface area contributed by atoms with E-state index in [0.717, 1.165) is 30.9 Å². The standard InChI is InChI=1S/C35H33BrClN3O6S2/c36-28-13-18-31(19-14-28)39(47(43)44)20-3-4-21-40(34-9-2-1-8-32(34)35(41)42)48(45,46)24-26-7-5-6-25(22-26)10-16-30-17-12-27-11-15-29(37)23-33(27)38-30/h1-2,5-9,11-15,17-19,22-23H,3-4,10,16,20-21,24H2,(H,41,42)(H,43,44)/p-1. The predicted octanol–water partition coefficient (Wildman–Crippen LogP) is 7.55. The number of halogens is 2. The minimum Gasteiger partial charge on any atom is -0.755 e. The van der Waals surface area contributed by atoms with E-state index in [0.29, 0.717) is 35.5 Å². The number of carboxylic acid groups (broad SMARTS) is 1. The van der Waals surface area contributed by atoms with Crippen LogP contribution in [-0.4, -0.2) is 46.3 Å². The molecule has 0 aliphatic rings. The van der Waals surface area contributed by atoms with E-state index in [4.69, 9.17) is 16.6 Å². The van der Waals surface area contributed by atoms with Gasteiger partial charge in [-0.2, -0.15) is 0 Å². The largest absolute Gasteiger partial charge is 0.755 e. The van der Waals surface area contributed by atoms with Crippen LogP contribution < -0.4 is 8.61 Å². The van der Waals surface area contributed by atoms with Crippen LogP contribution in [0.3, 0.4) is 0 Å². The molecule has 1 unspecified atom stereocenters. The fraction of sp³-hybridized carbons (Fsp3) is 0.200. The van der Waals surface area contributed by atoms with E-state index < -0.39 is 27.3 Å². The summed E-state index contributed by atoms with van der Waals surface area (Å²) in [5.74, 6) is -1.60. The SMILES string of the molecule is O=C(O)c1ccccc1N(CCCCN(c1ccc(Br)cc1)S(=O)[O-])S(=O)(=O)Cc1cccc(CCc2ccc3ccc(Cl)cc3n2)c1. The highest BCUT2D eigenvalue weighted by Crippen LogP contribution is 2.27. The number of nitrogens with zero attached hydrogens (tertiary/aromatic N) is 3. The Balaban J connectivity index is 1.31. The number of rotatable bonds is 15. The Kier molecular flexibility index (Phi) is 11.9. The maximum absolute atomic E-state index is 14.0. The maximum atomic E-state index is 14.0. The lowest BCUT2D eigenvalue weighted by Gasteiger charge is -2.28. The molecule has 0 saturated carbocycles. The highest BCUT2D eigenvalue weighted by atomic mass is 79.9. The van der Waals surface area contributed by atoms with E-state index in [9.17, 15) is 27.1 Å². The number of aromatic nitrogens is 1. The average Bonchev–Trinajstić information content (AvgIpc) is 3.05. The van der Waals surface area contributed by atoms with Crippen molar-refractivity contribution >= 4 is 77.1 Å². The fourth-order valence-corrected chi connectivity index (χ4v) is 8.02. The number of anilines is 2. The Labute approximate surface area is 295 Å². The number of aryl methyl sites for hydroxylation is 2. The van der Waals surface area contributed by atoms with Gasteiger partial charge in [-0.05, 0) is 91.4 Å². The Morgan fingerprint density at radius 2 is 1.58 bits per heavy atom. The number of hydrogen-bond donors (Lipinski definition) is 1. The number of pyridine rings is 1. The number of carboxylic acids is 1. The summed E-state index contributed by atoms with van der Waals surface area (Å²) in [5, 5.41) is 11.5. The smallest absolute Gasteiger partial charge is 0.337 e. The molecule has 1 aromatic heterocycles. The van der Waals surface area contributed by atoms with Gasteiger partial charge >= 0.3 is 5.97 Å². The molecule has 1 heterocycles. The number of aromatic carboxylic acids is 1. The third-order valence-corrected chi connectivity index (χ3v) is 11.0. The molecule has 0 aliphatic carbocycles. The van der Waals surface area contributed by atoms with E-state index in [-0.39, 0.29) is 36.5 Å². The topological polar surface area (TPSA) is 131 Å². The first-order chi connectivity index (χ1) is 23.0. The summed E-state index contributed by atoms with van der Waals surface area (Å²) >= 11 is 6.94. The van der Waals surface area contributed by atoms with Crippen LogP contribution >= 0.6 is 27.5 Å². The highest BCUT2D eigenvalue weighted by Gasteiger charge is 2.27. The monoisotopic (exact) mass is 768 g/mol. The molecule has 0 spiro atoms. The minimum atomic E-state index is -4.07. The highest BCUT2D eigenvalue weighted by molar-refractivity contribution is 9.10. The van der Waals surface area contributed by atoms with E-state index in [1.165, 1.54) is 16.4 Å². The number of carbonyl (C=O) groups is 1. The maximum Gasteiger partial charge on any atom is 0.337 e. The van der Waals surface area contributed by atoms with Crippen LogP contribution in [-0.2, 0) is 39.9 Å². The van der Waals surface area contributed by atoms with Crippen LogP contribution in [0.2, 0.25) is 5.02 Å². The van der Waals surface area contributed by atoms with Crippen LogP contribution in [0.25, 0.3) is 10.9 Å². The molecule has 5 rings (SSSR count). The molecule has 4 aromatic carbocycles. The van der Waals surface area contributed by atoms with Crippen molar-refractivity contribution in [2.75, 3.05) is 21.7 Å². The van der Waals surface area contributed by atoms with Crippen molar-refractivity contribution in [2.45, 2.75) is 31.4 Å². The Hall–Kier alpha value is -3.81. The van der Waals surface area contributed by atoms with Gasteiger partial charge in [-0.3, -0.25) is 13.5 Å². The van der Waals surface area contributed by atoms with Gasteiger partial charge in [-0.1, -0.05) is 76.1 Å². The Bertz CT molecular complexity index is 2050. The fourth-order valence-electron chi connectivity index (χ4n) is 5.40. The zero-order valence-corrected chi connectivity index (χ0v) is 29.6. The van der Waals surface area contributed by atoms with Gasteiger partial charge in [0.25, 0.3) is 0 Å². The van der Waals surface area contributed by atoms with Gasteiger partial charge < -0.3 is 14.0 Å². The zero-order chi connectivity index (χ0) is 34.3. The van der Waals surface area contributed by atoms with Gasteiger partial charge in [0.15, 0.2) is 0 Å². The van der Waals surface area contributed by atoms with E-state index >= 15 is 0 Å². The second-order valence-corrected chi connectivity index (χ2v) is 15.2. The molecule has 1 N–H and O–H groups in total. The number of para-hydroxylation sites is 1. The Morgan fingerprint density at radius 1 is 0.875 bits per heavy atom. The van der Waals surface area contributed by atoms with E-state index in [1.807, 2.05) is 48.5 Å². The molecule has 0 aliphatic heterocycles. The van der Waals surface area contributed by atoms with Crippen molar-refractivity contribution in [1.29, 1.82) is 0 Å². The normalized spacial score (nSPS) is 12.1.